The number of fused-ring (bicyclic) bond motifs is 1. The van der Waals surface area contributed by atoms with Crippen molar-refractivity contribution in [3.63, 3.8) is 0 Å². The molecule has 1 aliphatic rings. The summed E-state index contributed by atoms with van der Waals surface area (Å²) in [6.07, 6.45) is 2.00. The van der Waals surface area contributed by atoms with Crippen LogP contribution < -0.4 is 10.2 Å². The van der Waals surface area contributed by atoms with Gasteiger partial charge < -0.3 is 19.4 Å². The SMILES string of the molecule is COC(=O)c1oc(CN2CCCc3cccc(NC(C)=O)c32)cc1C. The zero-order valence-corrected chi connectivity index (χ0v) is 14.7. The highest BCUT2D eigenvalue weighted by Gasteiger charge is 2.23. The molecule has 1 amide bonds. The van der Waals surface area contributed by atoms with E-state index in [9.17, 15) is 9.59 Å². The fraction of sp³-hybridized carbons (Fsp3) is 0.368. The van der Waals surface area contributed by atoms with Crippen LogP contribution >= 0.6 is 0 Å². The summed E-state index contributed by atoms with van der Waals surface area (Å²) in [5.74, 6) is 0.371. The van der Waals surface area contributed by atoms with Gasteiger partial charge in [0.15, 0.2) is 0 Å². The molecule has 25 heavy (non-hydrogen) atoms. The fourth-order valence-corrected chi connectivity index (χ4v) is 3.30. The maximum atomic E-state index is 11.7. The molecule has 0 saturated carbocycles. The van der Waals surface area contributed by atoms with Gasteiger partial charge in [-0.2, -0.15) is 0 Å². The summed E-state index contributed by atoms with van der Waals surface area (Å²) in [5.41, 5.74) is 3.79. The number of nitrogens with zero attached hydrogens (tertiary/aromatic N) is 1. The lowest BCUT2D eigenvalue weighted by atomic mass is 10.00. The molecule has 2 heterocycles. The van der Waals surface area contributed by atoms with Gasteiger partial charge in [-0.25, -0.2) is 4.79 Å². The number of hydrogen-bond donors (Lipinski definition) is 1. The summed E-state index contributed by atoms with van der Waals surface area (Å²) in [6, 6.07) is 7.81. The molecule has 0 bridgehead atoms. The van der Waals surface area contributed by atoms with Crippen molar-refractivity contribution in [3.8, 4) is 0 Å². The molecular weight excluding hydrogens is 320 g/mol. The average Bonchev–Trinajstić information content (AvgIpc) is 2.94. The minimum atomic E-state index is -0.471. The average molecular weight is 342 g/mol. The third kappa shape index (κ3) is 3.52. The molecule has 0 spiro atoms. The summed E-state index contributed by atoms with van der Waals surface area (Å²) in [5, 5.41) is 2.91. The molecule has 1 aromatic carbocycles. The molecule has 0 radical (unpaired) electrons. The predicted molar refractivity (Wildman–Crippen MR) is 94.9 cm³/mol. The van der Waals surface area contributed by atoms with Crippen molar-refractivity contribution in [1.82, 2.24) is 0 Å². The lowest BCUT2D eigenvalue weighted by molar-refractivity contribution is -0.114. The first-order valence-corrected chi connectivity index (χ1v) is 8.31. The van der Waals surface area contributed by atoms with E-state index in [0.29, 0.717) is 12.3 Å². The molecule has 0 saturated heterocycles. The number of furan rings is 1. The standard InChI is InChI=1S/C19H22N2O4/c1-12-10-15(25-18(12)19(23)24-3)11-21-9-5-7-14-6-4-8-16(17(14)21)20-13(2)22/h4,6,8,10H,5,7,9,11H2,1-3H3,(H,20,22). The zero-order chi connectivity index (χ0) is 18.0. The van der Waals surface area contributed by atoms with Gasteiger partial charge in [0.2, 0.25) is 11.7 Å². The number of benzene rings is 1. The Kier molecular flexibility index (Phi) is 4.79. The number of esters is 1. The molecule has 6 heteroatoms. The monoisotopic (exact) mass is 342 g/mol. The molecule has 132 valence electrons. The number of nitrogens with one attached hydrogen (secondary N) is 1. The number of carbonyl (C=O) groups is 2. The van der Waals surface area contributed by atoms with Crippen LogP contribution in [0.2, 0.25) is 0 Å². The van der Waals surface area contributed by atoms with Gasteiger partial charge >= 0.3 is 5.97 Å². The van der Waals surface area contributed by atoms with Crippen molar-refractivity contribution in [2.24, 2.45) is 0 Å². The van der Waals surface area contributed by atoms with Crippen molar-refractivity contribution in [2.75, 3.05) is 23.9 Å². The number of rotatable bonds is 4. The Labute approximate surface area is 146 Å². The summed E-state index contributed by atoms with van der Waals surface area (Å²) < 4.78 is 10.4. The molecule has 3 rings (SSSR count). The van der Waals surface area contributed by atoms with Crippen LogP contribution in [0.1, 0.15) is 40.8 Å². The summed E-state index contributed by atoms with van der Waals surface area (Å²) in [4.78, 5) is 25.4. The van der Waals surface area contributed by atoms with E-state index >= 15 is 0 Å². The second-order valence-electron chi connectivity index (χ2n) is 6.24. The number of hydrogen-bond acceptors (Lipinski definition) is 5. The van der Waals surface area contributed by atoms with Gasteiger partial charge in [-0.05, 0) is 37.5 Å². The number of para-hydroxylation sites is 1. The van der Waals surface area contributed by atoms with Gasteiger partial charge in [-0.1, -0.05) is 12.1 Å². The van der Waals surface area contributed by atoms with Crippen LogP contribution in [0.4, 0.5) is 11.4 Å². The first-order chi connectivity index (χ1) is 12.0. The van der Waals surface area contributed by atoms with E-state index in [2.05, 4.69) is 16.3 Å². The fourth-order valence-electron chi connectivity index (χ4n) is 3.30. The first kappa shape index (κ1) is 17.1. The molecule has 1 aliphatic heterocycles. The van der Waals surface area contributed by atoms with Gasteiger partial charge in [0.1, 0.15) is 5.76 Å². The number of methoxy groups -OCH3 is 1. The maximum Gasteiger partial charge on any atom is 0.374 e. The van der Waals surface area contributed by atoms with Gasteiger partial charge in [0.05, 0.1) is 25.0 Å². The number of amides is 1. The highest BCUT2D eigenvalue weighted by atomic mass is 16.5. The van der Waals surface area contributed by atoms with Crippen LogP contribution in [-0.4, -0.2) is 25.5 Å². The van der Waals surface area contributed by atoms with Crippen LogP contribution in [0.25, 0.3) is 0 Å². The topological polar surface area (TPSA) is 71.8 Å². The van der Waals surface area contributed by atoms with Crippen LogP contribution in [0.15, 0.2) is 28.7 Å². The molecular formula is C19H22N2O4. The summed E-state index contributed by atoms with van der Waals surface area (Å²) in [7, 11) is 1.34. The van der Waals surface area contributed by atoms with Crippen LogP contribution in [-0.2, 0) is 22.5 Å². The van der Waals surface area contributed by atoms with Crippen molar-refractivity contribution in [2.45, 2.75) is 33.2 Å². The Balaban J connectivity index is 1.91. The molecule has 0 aliphatic carbocycles. The highest BCUT2D eigenvalue weighted by molar-refractivity contribution is 5.93. The molecule has 1 aromatic heterocycles. The summed E-state index contributed by atoms with van der Waals surface area (Å²) >= 11 is 0. The molecule has 1 N–H and O–H groups in total. The second-order valence-corrected chi connectivity index (χ2v) is 6.24. The smallest absolute Gasteiger partial charge is 0.374 e. The number of ether oxygens (including phenoxy) is 1. The van der Waals surface area contributed by atoms with Gasteiger partial charge in [-0.15, -0.1) is 0 Å². The van der Waals surface area contributed by atoms with Crippen molar-refractivity contribution in [1.29, 1.82) is 0 Å². The summed E-state index contributed by atoms with van der Waals surface area (Å²) in [6.45, 7) is 4.72. The minimum Gasteiger partial charge on any atom is -0.463 e. The highest BCUT2D eigenvalue weighted by Crippen LogP contribution is 2.36. The van der Waals surface area contributed by atoms with E-state index in [0.717, 1.165) is 36.3 Å². The number of aryl methyl sites for hydroxylation is 2. The largest absolute Gasteiger partial charge is 0.463 e. The predicted octanol–water partition coefficient (Wildman–Crippen LogP) is 3.29. The van der Waals surface area contributed by atoms with Crippen LogP contribution in [0, 0.1) is 6.92 Å². The lowest BCUT2D eigenvalue weighted by Crippen LogP contribution is -2.30. The Hall–Kier alpha value is -2.76. The van der Waals surface area contributed by atoms with Crippen molar-refractivity contribution >= 4 is 23.3 Å². The molecule has 0 atom stereocenters. The molecule has 0 unspecified atom stereocenters. The van der Waals surface area contributed by atoms with E-state index in [1.165, 1.54) is 19.6 Å². The lowest BCUT2D eigenvalue weighted by Gasteiger charge is -2.32. The third-order valence-electron chi connectivity index (χ3n) is 4.31. The van der Waals surface area contributed by atoms with E-state index in [-0.39, 0.29) is 11.7 Å². The third-order valence-corrected chi connectivity index (χ3v) is 4.31. The van der Waals surface area contributed by atoms with Crippen molar-refractivity contribution < 1.29 is 18.7 Å². The minimum absolute atomic E-state index is 0.0965. The van der Waals surface area contributed by atoms with Crippen molar-refractivity contribution in [3.05, 3.63) is 46.9 Å². The number of anilines is 2. The Morgan fingerprint density at radius 3 is 2.88 bits per heavy atom. The molecule has 6 nitrogen and oxygen atoms in total. The van der Waals surface area contributed by atoms with Gasteiger partial charge in [0, 0.05) is 19.0 Å². The van der Waals surface area contributed by atoms with E-state index in [1.54, 1.807) is 0 Å². The van der Waals surface area contributed by atoms with E-state index in [1.807, 2.05) is 25.1 Å². The van der Waals surface area contributed by atoms with Gasteiger partial charge in [0.25, 0.3) is 0 Å². The van der Waals surface area contributed by atoms with Crippen LogP contribution in [0.5, 0.6) is 0 Å². The Bertz CT molecular complexity index is 810. The second kappa shape index (κ2) is 7.01. The first-order valence-electron chi connectivity index (χ1n) is 8.31. The van der Waals surface area contributed by atoms with E-state index < -0.39 is 5.97 Å². The van der Waals surface area contributed by atoms with Gasteiger partial charge in [-0.3, -0.25) is 4.79 Å². The Morgan fingerprint density at radius 1 is 1.36 bits per heavy atom. The van der Waals surface area contributed by atoms with E-state index in [4.69, 9.17) is 9.15 Å². The number of carbonyl (C=O) groups excluding carboxylic acids is 2. The molecule has 0 fully saturated rings. The quantitative estimate of drug-likeness (QED) is 0.863. The molecule has 2 aromatic rings. The normalized spacial score (nSPS) is 13.3. The zero-order valence-electron chi connectivity index (χ0n) is 14.7. The Morgan fingerprint density at radius 2 is 2.16 bits per heavy atom. The maximum absolute atomic E-state index is 11.7. The van der Waals surface area contributed by atoms with Crippen LogP contribution in [0.3, 0.4) is 0 Å².